The molecule has 5 nitrogen and oxygen atoms in total. The van der Waals surface area contributed by atoms with Crippen molar-refractivity contribution in [1.29, 1.82) is 0 Å². The lowest BCUT2D eigenvalue weighted by Crippen LogP contribution is -2.15. The second-order valence-electron chi connectivity index (χ2n) is 4.42. The molecule has 108 valence electrons. The highest BCUT2D eigenvalue weighted by atomic mass is 35.5. The molecule has 8 heteroatoms. The maximum Gasteiger partial charge on any atom is 0.262 e. The van der Waals surface area contributed by atoms with Crippen molar-refractivity contribution in [2.24, 2.45) is 0 Å². The predicted octanol–water partition coefficient (Wildman–Crippen LogP) is 3.45. The fourth-order valence-electron chi connectivity index (χ4n) is 1.87. The van der Waals surface area contributed by atoms with Crippen LogP contribution >= 0.6 is 22.9 Å². The number of nitrogens with zero attached hydrogens (tertiary/aromatic N) is 3. The van der Waals surface area contributed by atoms with Crippen molar-refractivity contribution in [2.45, 2.75) is 13.8 Å². The first-order chi connectivity index (χ1) is 9.97. The first kappa shape index (κ1) is 14.0. The van der Waals surface area contributed by atoms with Crippen LogP contribution in [0.1, 0.15) is 20.9 Å². The molecule has 1 aromatic carbocycles. The molecule has 1 N–H and O–H groups in total. The van der Waals surface area contributed by atoms with E-state index in [9.17, 15) is 9.18 Å². The maximum absolute atomic E-state index is 13.7. The normalized spacial score (nSPS) is 11.0. The van der Waals surface area contributed by atoms with Crippen LogP contribution in [-0.2, 0) is 0 Å². The number of fused-ring (bicyclic) bond motifs is 1. The summed E-state index contributed by atoms with van der Waals surface area (Å²) in [6.07, 6.45) is 0. The van der Waals surface area contributed by atoms with E-state index in [4.69, 9.17) is 11.6 Å². The monoisotopic (exact) mass is 324 g/mol. The van der Waals surface area contributed by atoms with Crippen molar-refractivity contribution in [1.82, 2.24) is 14.6 Å². The molecule has 0 bridgehead atoms. The number of rotatable bonds is 2. The van der Waals surface area contributed by atoms with Gasteiger partial charge < -0.3 is 0 Å². The number of nitrogens with one attached hydrogen (secondary N) is 1. The van der Waals surface area contributed by atoms with Gasteiger partial charge in [-0.1, -0.05) is 29.0 Å². The van der Waals surface area contributed by atoms with Crippen molar-refractivity contribution >= 4 is 39.8 Å². The molecule has 0 fully saturated rings. The molecule has 3 aromatic rings. The minimum atomic E-state index is -0.687. The van der Waals surface area contributed by atoms with Gasteiger partial charge in [0, 0.05) is 4.88 Å². The van der Waals surface area contributed by atoms with E-state index in [2.05, 4.69) is 15.4 Å². The Labute approximate surface area is 128 Å². The summed E-state index contributed by atoms with van der Waals surface area (Å²) in [6, 6.07) is 4.06. The molecule has 0 radical (unpaired) electrons. The topological polar surface area (TPSA) is 59.3 Å². The minimum absolute atomic E-state index is 0.0422. The van der Waals surface area contributed by atoms with Crippen molar-refractivity contribution < 1.29 is 9.18 Å². The third kappa shape index (κ3) is 2.38. The van der Waals surface area contributed by atoms with Crippen LogP contribution in [0.4, 0.5) is 10.3 Å². The van der Waals surface area contributed by atoms with Crippen LogP contribution in [0.25, 0.3) is 4.96 Å². The summed E-state index contributed by atoms with van der Waals surface area (Å²) >= 11 is 7.32. The van der Waals surface area contributed by atoms with Gasteiger partial charge >= 0.3 is 0 Å². The minimum Gasteiger partial charge on any atom is -0.289 e. The number of amides is 1. The largest absolute Gasteiger partial charge is 0.289 e. The highest BCUT2D eigenvalue weighted by Crippen LogP contribution is 2.23. The zero-order valence-corrected chi connectivity index (χ0v) is 12.7. The molecular weight excluding hydrogens is 315 g/mol. The standard InChI is InChI=1S/C13H10ClFN4OS/c1-6-7(2)21-13-17-12(18-19(6)13)16-11(20)10-8(14)4-3-5-9(10)15/h3-5H,1-2H3,(H,16,18,20). The molecule has 0 saturated carbocycles. The summed E-state index contributed by atoms with van der Waals surface area (Å²) in [4.78, 5) is 18.0. The first-order valence-corrected chi connectivity index (χ1v) is 7.25. The third-order valence-corrected chi connectivity index (χ3v) is 4.43. The number of hydrogen-bond donors (Lipinski definition) is 1. The summed E-state index contributed by atoms with van der Waals surface area (Å²) in [5, 5.41) is 6.68. The molecule has 0 saturated heterocycles. The maximum atomic E-state index is 13.7. The van der Waals surface area contributed by atoms with Crippen molar-refractivity contribution in [3.63, 3.8) is 0 Å². The van der Waals surface area contributed by atoms with Gasteiger partial charge in [0.1, 0.15) is 5.82 Å². The lowest BCUT2D eigenvalue weighted by atomic mass is 10.2. The number of halogens is 2. The summed E-state index contributed by atoms with van der Waals surface area (Å²) in [7, 11) is 0. The molecule has 2 aromatic heterocycles. The van der Waals surface area contributed by atoms with E-state index < -0.39 is 11.7 Å². The Balaban J connectivity index is 1.93. The molecule has 2 heterocycles. The van der Waals surface area contributed by atoms with Gasteiger partial charge in [0.15, 0.2) is 0 Å². The predicted molar refractivity (Wildman–Crippen MR) is 79.7 cm³/mol. The second kappa shape index (κ2) is 5.09. The molecular formula is C13H10ClFN4OS. The number of carbonyl (C=O) groups excluding carboxylic acids is 1. The number of carbonyl (C=O) groups is 1. The van der Waals surface area contributed by atoms with E-state index in [1.54, 1.807) is 4.52 Å². The van der Waals surface area contributed by atoms with Crippen molar-refractivity contribution in [3.05, 3.63) is 45.2 Å². The molecule has 1 amide bonds. The van der Waals surface area contributed by atoms with Gasteiger partial charge in [-0.25, -0.2) is 8.91 Å². The van der Waals surface area contributed by atoms with E-state index >= 15 is 0 Å². The molecule has 0 unspecified atom stereocenters. The van der Waals surface area contributed by atoms with Gasteiger partial charge in [-0.3, -0.25) is 10.1 Å². The van der Waals surface area contributed by atoms with Gasteiger partial charge in [0.2, 0.25) is 4.96 Å². The van der Waals surface area contributed by atoms with Crippen molar-refractivity contribution in [3.8, 4) is 0 Å². The number of aromatic nitrogens is 3. The highest BCUT2D eigenvalue weighted by Gasteiger charge is 2.18. The number of thiazole rings is 1. The summed E-state index contributed by atoms with van der Waals surface area (Å²) in [6.45, 7) is 3.88. The third-order valence-electron chi connectivity index (χ3n) is 3.06. The SMILES string of the molecule is Cc1sc2nc(NC(=O)c3c(F)cccc3Cl)nn2c1C. The van der Waals surface area contributed by atoms with Crippen LogP contribution in [0.2, 0.25) is 5.02 Å². The van der Waals surface area contributed by atoms with Gasteiger partial charge in [-0.15, -0.1) is 5.10 Å². The first-order valence-electron chi connectivity index (χ1n) is 6.05. The van der Waals surface area contributed by atoms with E-state index in [0.29, 0.717) is 4.96 Å². The molecule has 0 spiro atoms. The summed E-state index contributed by atoms with van der Waals surface area (Å²) in [5.74, 6) is -1.24. The average molecular weight is 325 g/mol. The van der Waals surface area contributed by atoms with Gasteiger partial charge in [0.05, 0.1) is 16.3 Å². The number of aryl methyl sites for hydroxylation is 2. The Bertz CT molecular complexity index is 837. The van der Waals surface area contributed by atoms with Crippen LogP contribution in [0, 0.1) is 19.7 Å². The lowest BCUT2D eigenvalue weighted by Gasteiger charge is -2.04. The van der Waals surface area contributed by atoms with Crippen molar-refractivity contribution in [2.75, 3.05) is 5.32 Å². The molecule has 21 heavy (non-hydrogen) atoms. The van der Waals surface area contributed by atoms with E-state index in [1.165, 1.54) is 29.5 Å². The average Bonchev–Trinajstić information content (AvgIpc) is 2.90. The van der Waals surface area contributed by atoms with Crippen LogP contribution < -0.4 is 5.32 Å². The Morgan fingerprint density at radius 3 is 2.86 bits per heavy atom. The fourth-order valence-corrected chi connectivity index (χ4v) is 3.03. The number of hydrogen-bond acceptors (Lipinski definition) is 4. The summed E-state index contributed by atoms with van der Waals surface area (Å²) < 4.78 is 15.3. The van der Waals surface area contributed by atoms with E-state index in [-0.39, 0.29) is 16.5 Å². The van der Waals surface area contributed by atoms with Gasteiger partial charge in [-0.05, 0) is 26.0 Å². The molecule has 0 aliphatic carbocycles. The van der Waals surface area contributed by atoms with Crippen LogP contribution in [-0.4, -0.2) is 20.5 Å². The van der Waals surface area contributed by atoms with E-state index in [1.807, 2.05) is 13.8 Å². The Hall–Kier alpha value is -1.99. The van der Waals surface area contributed by atoms with Crippen LogP contribution in [0.15, 0.2) is 18.2 Å². The smallest absolute Gasteiger partial charge is 0.262 e. The number of anilines is 1. The second-order valence-corrected chi connectivity index (χ2v) is 6.01. The molecule has 3 rings (SSSR count). The van der Waals surface area contributed by atoms with Gasteiger partial charge in [0.25, 0.3) is 11.9 Å². The van der Waals surface area contributed by atoms with Crippen LogP contribution in [0.3, 0.4) is 0 Å². The molecule has 0 atom stereocenters. The van der Waals surface area contributed by atoms with Crippen LogP contribution in [0.5, 0.6) is 0 Å². The summed E-state index contributed by atoms with van der Waals surface area (Å²) in [5.41, 5.74) is 0.733. The van der Waals surface area contributed by atoms with Gasteiger partial charge in [-0.2, -0.15) is 4.98 Å². The Morgan fingerprint density at radius 1 is 1.43 bits per heavy atom. The fraction of sp³-hybridized carbons (Fsp3) is 0.154. The molecule has 0 aliphatic heterocycles. The Morgan fingerprint density at radius 2 is 2.19 bits per heavy atom. The quantitative estimate of drug-likeness (QED) is 0.785. The Kier molecular flexibility index (Phi) is 3.38. The molecule has 0 aliphatic rings. The van der Waals surface area contributed by atoms with E-state index in [0.717, 1.165) is 10.6 Å². The highest BCUT2D eigenvalue weighted by molar-refractivity contribution is 7.17. The lowest BCUT2D eigenvalue weighted by molar-refractivity contribution is 0.102. The zero-order chi connectivity index (χ0) is 15.1. The number of benzene rings is 1. The zero-order valence-electron chi connectivity index (χ0n) is 11.1.